The fourth-order valence-electron chi connectivity index (χ4n) is 5.27. The van der Waals surface area contributed by atoms with Crippen molar-refractivity contribution in [3.05, 3.63) is 106 Å². The van der Waals surface area contributed by atoms with Crippen LogP contribution in [0, 0.1) is 0 Å². The topological polar surface area (TPSA) is 126 Å². The van der Waals surface area contributed by atoms with E-state index < -0.39 is 6.04 Å². The van der Waals surface area contributed by atoms with Crippen molar-refractivity contribution in [2.45, 2.75) is 41.7 Å². The molecule has 2 amide bonds. The molecule has 1 aliphatic rings. The Balaban J connectivity index is 1.50. The van der Waals surface area contributed by atoms with Gasteiger partial charge in [0.2, 0.25) is 5.91 Å². The average Bonchev–Trinajstić information content (AvgIpc) is 3.15. The smallest absolute Gasteiger partial charge is 0.252 e. The highest BCUT2D eigenvalue weighted by molar-refractivity contribution is 14.1. The van der Waals surface area contributed by atoms with Crippen LogP contribution in [0.2, 0.25) is 5.02 Å². The van der Waals surface area contributed by atoms with Crippen molar-refractivity contribution in [2.75, 3.05) is 26.2 Å². The molecule has 0 spiro atoms. The molecule has 0 bridgehead atoms. The second-order valence-electron chi connectivity index (χ2n) is 10.5. The predicted molar refractivity (Wildman–Crippen MR) is 178 cm³/mol. The highest BCUT2D eigenvalue weighted by Gasteiger charge is 2.32. The number of nitrogens with zero attached hydrogens (tertiary/aromatic N) is 2. The van der Waals surface area contributed by atoms with Gasteiger partial charge in [0, 0.05) is 42.6 Å². The lowest BCUT2D eigenvalue weighted by molar-refractivity contribution is -0.133. The molecule has 42 heavy (non-hydrogen) atoms. The number of alkyl halides is 1. The monoisotopic (exact) mass is 700 g/mol. The number of aliphatic imine (C=N–C) groups is 1. The van der Waals surface area contributed by atoms with E-state index in [1.807, 2.05) is 53.4 Å². The average molecular weight is 701 g/mol. The second kappa shape index (κ2) is 15.9. The summed E-state index contributed by atoms with van der Waals surface area (Å²) in [7, 11) is 0. The van der Waals surface area contributed by atoms with Crippen LogP contribution < -0.4 is 22.1 Å². The normalized spacial score (nSPS) is 17.1. The number of carbonyl (C=O) groups is 2. The lowest BCUT2D eigenvalue weighted by Crippen LogP contribution is -2.49. The summed E-state index contributed by atoms with van der Waals surface area (Å²) in [4.78, 5) is 33.0. The fourth-order valence-corrected chi connectivity index (χ4v) is 6.03. The zero-order valence-electron chi connectivity index (χ0n) is 23.5. The van der Waals surface area contributed by atoms with Crippen LogP contribution in [0.5, 0.6) is 0 Å². The Morgan fingerprint density at radius 1 is 1.07 bits per heavy atom. The van der Waals surface area contributed by atoms with Crippen LogP contribution in [-0.2, 0) is 9.22 Å². The summed E-state index contributed by atoms with van der Waals surface area (Å²) in [5, 5.41) is 6.99. The number of halogens is 2. The Hall–Kier alpha value is -3.15. The molecule has 0 aliphatic carbocycles. The van der Waals surface area contributed by atoms with Gasteiger partial charge in [-0.2, -0.15) is 0 Å². The van der Waals surface area contributed by atoms with Crippen LogP contribution in [0.1, 0.15) is 52.2 Å². The first-order chi connectivity index (χ1) is 20.4. The first-order valence-corrected chi connectivity index (χ1v) is 16.1. The fraction of sp³-hybridized carbons (Fsp3) is 0.344. The Kier molecular flexibility index (Phi) is 12.0. The maximum absolute atomic E-state index is 14.0. The number of benzene rings is 3. The lowest BCUT2D eigenvalue weighted by atomic mass is 9.90. The quantitative estimate of drug-likeness (QED) is 0.0731. The molecule has 3 aromatic rings. The molecule has 0 unspecified atom stereocenters. The Bertz CT molecular complexity index is 1310. The lowest BCUT2D eigenvalue weighted by Gasteiger charge is -2.29. The van der Waals surface area contributed by atoms with E-state index in [2.05, 4.69) is 62.5 Å². The molecule has 1 saturated heterocycles. The molecule has 1 heterocycles. The molecule has 6 N–H and O–H groups in total. The maximum atomic E-state index is 14.0. The third-order valence-electron chi connectivity index (χ3n) is 7.49. The molecule has 1 fully saturated rings. The Labute approximate surface area is 266 Å². The van der Waals surface area contributed by atoms with Crippen LogP contribution in [0.3, 0.4) is 0 Å². The van der Waals surface area contributed by atoms with Gasteiger partial charge in [-0.15, -0.1) is 0 Å². The maximum Gasteiger partial charge on any atom is 0.252 e. The summed E-state index contributed by atoms with van der Waals surface area (Å²) in [5.74, 6) is -0.117. The van der Waals surface area contributed by atoms with E-state index in [9.17, 15) is 9.59 Å². The first-order valence-electron chi connectivity index (χ1n) is 14.2. The molecule has 3 aromatic carbocycles. The van der Waals surface area contributed by atoms with Gasteiger partial charge in [-0.3, -0.25) is 14.6 Å². The summed E-state index contributed by atoms with van der Waals surface area (Å²) in [6.45, 7) is 1.93. The number of amides is 2. The third-order valence-corrected chi connectivity index (χ3v) is 8.68. The molecule has 4 rings (SSSR count). The number of rotatable bonds is 12. The van der Waals surface area contributed by atoms with Crippen LogP contribution in [0.15, 0.2) is 83.9 Å². The van der Waals surface area contributed by atoms with Crippen LogP contribution in [0.25, 0.3) is 0 Å². The number of hydrogen-bond donors (Lipinski definition) is 4. The van der Waals surface area contributed by atoms with Crippen molar-refractivity contribution in [3.63, 3.8) is 0 Å². The van der Waals surface area contributed by atoms with Crippen molar-refractivity contribution in [3.8, 4) is 0 Å². The van der Waals surface area contributed by atoms with E-state index in [1.54, 1.807) is 6.07 Å². The van der Waals surface area contributed by atoms with E-state index in [4.69, 9.17) is 23.1 Å². The summed E-state index contributed by atoms with van der Waals surface area (Å²) in [6, 6.07) is 25.6. The minimum absolute atomic E-state index is 0.0301. The first kappa shape index (κ1) is 31.8. The second-order valence-corrected chi connectivity index (χ2v) is 11.6. The summed E-state index contributed by atoms with van der Waals surface area (Å²) in [5.41, 5.74) is 14.8. The molecule has 1 aliphatic heterocycles. The number of carbonyl (C=O) groups excluding carboxylic acids is 2. The minimum Gasteiger partial charge on any atom is -0.370 e. The molecule has 222 valence electrons. The van der Waals surface area contributed by atoms with Crippen LogP contribution >= 0.6 is 34.2 Å². The van der Waals surface area contributed by atoms with Gasteiger partial charge >= 0.3 is 0 Å². The van der Waals surface area contributed by atoms with Gasteiger partial charge in [0.25, 0.3) is 5.91 Å². The van der Waals surface area contributed by atoms with E-state index in [1.165, 1.54) is 0 Å². The number of guanidine groups is 1. The van der Waals surface area contributed by atoms with Crippen molar-refractivity contribution in [1.82, 2.24) is 15.5 Å². The van der Waals surface area contributed by atoms with Gasteiger partial charge in [0.1, 0.15) is 0 Å². The van der Waals surface area contributed by atoms with Crippen molar-refractivity contribution < 1.29 is 9.59 Å². The van der Waals surface area contributed by atoms with E-state index in [-0.39, 0.29) is 29.7 Å². The molecule has 0 radical (unpaired) electrons. The summed E-state index contributed by atoms with van der Waals surface area (Å²) < 4.78 is 0.815. The molecular weight excluding hydrogens is 663 g/mol. The minimum atomic E-state index is -0.428. The number of hydrogen-bond acceptors (Lipinski definition) is 4. The molecular formula is C32H38ClIN6O2. The van der Waals surface area contributed by atoms with E-state index in [0.29, 0.717) is 56.0 Å². The Morgan fingerprint density at radius 2 is 1.74 bits per heavy atom. The van der Waals surface area contributed by atoms with Crippen molar-refractivity contribution in [1.29, 1.82) is 0 Å². The zero-order valence-corrected chi connectivity index (χ0v) is 26.4. The predicted octanol–water partition coefficient (Wildman–Crippen LogP) is 4.45. The molecule has 0 saturated carbocycles. The van der Waals surface area contributed by atoms with E-state index in [0.717, 1.165) is 21.1 Å². The van der Waals surface area contributed by atoms with Crippen LogP contribution in [0.4, 0.5) is 0 Å². The van der Waals surface area contributed by atoms with Gasteiger partial charge in [-0.05, 0) is 48.1 Å². The largest absolute Gasteiger partial charge is 0.370 e. The molecule has 10 heteroatoms. The van der Waals surface area contributed by atoms with Gasteiger partial charge in [0.15, 0.2) is 5.96 Å². The van der Waals surface area contributed by atoms with E-state index >= 15 is 0 Å². The van der Waals surface area contributed by atoms with Crippen LogP contribution in [-0.4, -0.2) is 60.9 Å². The Morgan fingerprint density at radius 3 is 2.33 bits per heavy atom. The standard InChI is InChI=1S/C32H38ClIN6O2/c33-28-18-22(19-34)13-14-26(28)30(41)38-20-25-15-17-40(31(42)29(39-25)12-7-16-37-32(35)36)21-27(23-8-3-1-4-9-23)24-10-5-2-6-11-24/h1-6,8-11,13-14,18,25,27,29,39H,7,12,15-17,19-21H2,(H,38,41)(H4,35,36,37)/t25-,29-/m0/s1. The SMILES string of the molecule is NC(N)=NCCC[C@@H]1N[C@H](CNC(=O)c2ccc(CI)cc2Cl)CCN(CC(c2ccccc2)c2ccccc2)C1=O. The van der Waals surface area contributed by atoms with Gasteiger partial charge in [0.05, 0.1) is 16.6 Å². The molecule has 2 atom stereocenters. The molecule has 8 nitrogen and oxygen atoms in total. The zero-order chi connectivity index (χ0) is 29.9. The number of nitrogens with two attached hydrogens (primary N) is 2. The summed E-state index contributed by atoms with van der Waals surface area (Å²) in [6.07, 6.45) is 1.91. The van der Waals surface area contributed by atoms with Crippen molar-refractivity contribution >= 4 is 52.0 Å². The van der Waals surface area contributed by atoms with Gasteiger partial charge in [-0.1, -0.05) is 101 Å². The number of nitrogens with one attached hydrogen (secondary N) is 2. The van der Waals surface area contributed by atoms with Crippen molar-refractivity contribution in [2.24, 2.45) is 16.5 Å². The van der Waals surface area contributed by atoms with Gasteiger partial charge in [-0.25, -0.2) is 0 Å². The third kappa shape index (κ3) is 8.92. The molecule has 0 aromatic heterocycles. The summed E-state index contributed by atoms with van der Waals surface area (Å²) >= 11 is 8.66. The highest BCUT2D eigenvalue weighted by atomic mass is 127. The highest BCUT2D eigenvalue weighted by Crippen LogP contribution is 2.27. The van der Waals surface area contributed by atoms with Gasteiger partial charge < -0.3 is 27.0 Å².